The summed E-state index contributed by atoms with van der Waals surface area (Å²) in [5.41, 5.74) is 2.72. The molecular formula is C14H10BrCl2F. The molecule has 0 saturated carbocycles. The molecule has 0 amide bonds. The van der Waals surface area contributed by atoms with Crippen molar-refractivity contribution in [1.82, 2.24) is 0 Å². The van der Waals surface area contributed by atoms with Gasteiger partial charge in [-0.2, -0.15) is 0 Å². The molecule has 0 N–H and O–H groups in total. The van der Waals surface area contributed by atoms with Crippen LogP contribution in [-0.2, 0) is 0 Å². The van der Waals surface area contributed by atoms with Crippen LogP contribution in [0.5, 0.6) is 0 Å². The van der Waals surface area contributed by atoms with Gasteiger partial charge in [0.1, 0.15) is 5.82 Å². The molecule has 0 heterocycles. The summed E-state index contributed by atoms with van der Waals surface area (Å²) >= 11 is 15.7. The molecule has 0 saturated heterocycles. The second-order valence-electron chi connectivity index (χ2n) is 4.03. The van der Waals surface area contributed by atoms with Crippen LogP contribution in [0.25, 0.3) is 0 Å². The van der Waals surface area contributed by atoms with Gasteiger partial charge in [-0.15, -0.1) is 0 Å². The summed E-state index contributed by atoms with van der Waals surface area (Å²) in [4.78, 5) is -0.107. The van der Waals surface area contributed by atoms with Crippen LogP contribution in [0.2, 0.25) is 10.0 Å². The molecule has 0 aliphatic heterocycles. The maximum Gasteiger partial charge on any atom is 0.123 e. The van der Waals surface area contributed by atoms with Gasteiger partial charge in [0.2, 0.25) is 0 Å². The number of halogens is 4. The van der Waals surface area contributed by atoms with Crippen molar-refractivity contribution >= 4 is 39.1 Å². The summed E-state index contributed by atoms with van der Waals surface area (Å²) in [6.45, 7) is 1.87. The lowest BCUT2D eigenvalue weighted by atomic mass is 10.0. The zero-order chi connectivity index (χ0) is 13.3. The molecule has 0 nitrogen and oxygen atoms in total. The van der Waals surface area contributed by atoms with Gasteiger partial charge >= 0.3 is 0 Å². The van der Waals surface area contributed by atoms with Crippen molar-refractivity contribution in [3.8, 4) is 0 Å². The summed E-state index contributed by atoms with van der Waals surface area (Å²) in [5, 5.41) is 1.25. The molecule has 0 aromatic heterocycles. The molecule has 2 aromatic carbocycles. The van der Waals surface area contributed by atoms with Gasteiger partial charge in [-0.1, -0.05) is 45.2 Å². The number of alkyl halides is 1. The highest BCUT2D eigenvalue weighted by Crippen LogP contribution is 2.37. The first-order valence-corrected chi connectivity index (χ1v) is 7.01. The predicted molar refractivity (Wildman–Crippen MR) is 78.4 cm³/mol. The summed E-state index contributed by atoms with van der Waals surface area (Å²) in [5.74, 6) is -0.242. The minimum Gasteiger partial charge on any atom is -0.207 e. The number of hydrogen-bond donors (Lipinski definition) is 0. The average molecular weight is 348 g/mol. The monoisotopic (exact) mass is 346 g/mol. The number of aryl methyl sites for hydroxylation is 1. The van der Waals surface area contributed by atoms with E-state index in [2.05, 4.69) is 15.9 Å². The Hall–Kier alpha value is -0.570. The molecule has 18 heavy (non-hydrogen) atoms. The topological polar surface area (TPSA) is 0 Å². The highest BCUT2D eigenvalue weighted by atomic mass is 79.9. The Morgan fingerprint density at radius 3 is 2.44 bits per heavy atom. The van der Waals surface area contributed by atoms with E-state index in [0.29, 0.717) is 10.0 Å². The van der Waals surface area contributed by atoms with E-state index in [4.69, 9.17) is 23.2 Å². The summed E-state index contributed by atoms with van der Waals surface area (Å²) < 4.78 is 13.1. The predicted octanol–water partition coefficient (Wildman–Crippen LogP) is 5.93. The molecule has 2 rings (SSSR count). The van der Waals surface area contributed by atoms with Crippen LogP contribution in [-0.4, -0.2) is 0 Å². The smallest absolute Gasteiger partial charge is 0.123 e. The van der Waals surface area contributed by atoms with Crippen molar-refractivity contribution < 1.29 is 4.39 Å². The first-order valence-electron chi connectivity index (χ1n) is 5.34. The van der Waals surface area contributed by atoms with E-state index in [1.54, 1.807) is 18.2 Å². The largest absolute Gasteiger partial charge is 0.207 e. The molecule has 4 heteroatoms. The maximum atomic E-state index is 13.1. The minimum atomic E-state index is -0.242. The third kappa shape index (κ3) is 2.87. The Balaban J connectivity index is 2.47. The molecular weight excluding hydrogens is 338 g/mol. The summed E-state index contributed by atoms with van der Waals surface area (Å²) in [7, 11) is 0. The second kappa shape index (κ2) is 5.60. The molecule has 94 valence electrons. The average Bonchev–Trinajstić information content (AvgIpc) is 2.31. The van der Waals surface area contributed by atoms with E-state index in [1.165, 1.54) is 12.1 Å². The molecule has 0 aliphatic carbocycles. The van der Waals surface area contributed by atoms with Gasteiger partial charge in [-0.05, 0) is 53.9 Å². The highest BCUT2D eigenvalue weighted by molar-refractivity contribution is 9.09. The Bertz CT molecular complexity index is 584. The SMILES string of the molecule is Cc1cc(F)ccc1C(Br)c1cc(Cl)ccc1Cl. The molecule has 0 fully saturated rings. The Labute approximate surface area is 124 Å². The van der Waals surface area contributed by atoms with Gasteiger partial charge in [0.05, 0.1) is 4.83 Å². The molecule has 1 unspecified atom stereocenters. The summed E-state index contributed by atoms with van der Waals surface area (Å²) in [6, 6.07) is 10.0. The fourth-order valence-electron chi connectivity index (χ4n) is 1.80. The highest BCUT2D eigenvalue weighted by Gasteiger charge is 2.16. The van der Waals surface area contributed by atoms with Gasteiger partial charge in [0, 0.05) is 10.0 Å². The van der Waals surface area contributed by atoms with E-state index in [9.17, 15) is 4.39 Å². The van der Waals surface area contributed by atoms with Gasteiger partial charge in [-0.25, -0.2) is 4.39 Å². The normalized spacial score (nSPS) is 12.5. The zero-order valence-corrected chi connectivity index (χ0v) is 12.7. The van der Waals surface area contributed by atoms with Crippen molar-refractivity contribution in [1.29, 1.82) is 0 Å². The number of rotatable bonds is 2. The van der Waals surface area contributed by atoms with Crippen molar-refractivity contribution in [2.45, 2.75) is 11.8 Å². The Morgan fingerprint density at radius 2 is 1.78 bits per heavy atom. The van der Waals surface area contributed by atoms with E-state index >= 15 is 0 Å². The zero-order valence-electron chi connectivity index (χ0n) is 9.55. The molecule has 0 spiro atoms. The standard InChI is InChI=1S/C14H10BrCl2F/c1-8-6-10(18)3-4-11(8)14(15)12-7-9(16)2-5-13(12)17/h2-7,14H,1H3. The number of hydrogen-bond acceptors (Lipinski definition) is 0. The van der Waals surface area contributed by atoms with Gasteiger partial charge < -0.3 is 0 Å². The van der Waals surface area contributed by atoms with Gasteiger partial charge in [-0.3, -0.25) is 0 Å². The lowest BCUT2D eigenvalue weighted by Gasteiger charge is -2.15. The van der Waals surface area contributed by atoms with Crippen LogP contribution in [0, 0.1) is 12.7 Å². The van der Waals surface area contributed by atoms with E-state index in [0.717, 1.165) is 16.7 Å². The van der Waals surface area contributed by atoms with Crippen molar-refractivity contribution in [3.63, 3.8) is 0 Å². The van der Waals surface area contributed by atoms with Crippen LogP contribution in [0.1, 0.15) is 21.5 Å². The Morgan fingerprint density at radius 1 is 1.06 bits per heavy atom. The molecule has 0 bridgehead atoms. The van der Waals surface area contributed by atoms with Gasteiger partial charge in [0.15, 0.2) is 0 Å². The van der Waals surface area contributed by atoms with Crippen molar-refractivity contribution in [3.05, 3.63) is 69.0 Å². The van der Waals surface area contributed by atoms with Gasteiger partial charge in [0.25, 0.3) is 0 Å². The fraction of sp³-hybridized carbons (Fsp3) is 0.143. The third-order valence-electron chi connectivity index (χ3n) is 2.74. The van der Waals surface area contributed by atoms with Crippen LogP contribution in [0.3, 0.4) is 0 Å². The fourth-order valence-corrected chi connectivity index (χ4v) is 3.23. The Kier molecular flexibility index (Phi) is 4.31. The van der Waals surface area contributed by atoms with Crippen LogP contribution >= 0.6 is 39.1 Å². The first-order chi connectivity index (χ1) is 8.49. The molecule has 0 radical (unpaired) electrons. The van der Waals surface area contributed by atoms with E-state index in [1.807, 2.05) is 13.0 Å². The third-order valence-corrected chi connectivity index (χ3v) is 4.30. The molecule has 2 aromatic rings. The van der Waals surface area contributed by atoms with Crippen LogP contribution in [0.4, 0.5) is 4.39 Å². The maximum absolute atomic E-state index is 13.1. The lowest BCUT2D eigenvalue weighted by molar-refractivity contribution is 0.626. The lowest BCUT2D eigenvalue weighted by Crippen LogP contribution is -1.97. The minimum absolute atomic E-state index is 0.107. The van der Waals surface area contributed by atoms with E-state index in [-0.39, 0.29) is 10.6 Å². The van der Waals surface area contributed by atoms with Crippen LogP contribution in [0.15, 0.2) is 36.4 Å². The molecule has 0 aliphatic rings. The molecule has 1 atom stereocenters. The van der Waals surface area contributed by atoms with Crippen LogP contribution < -0.4 is 0 Å². The first kappa shape index (κ1) is 13.9. The quantitative estimate of drug-likeness (QED) is 0.591. The van der Waals surface area contributed by atoms with Crippen molar-refractivity contribution in [2.75, 3.05) is 0 Å². The number of benzene rings is 2. The van der Waals surface area contributed by atoms with E-state index < -0.39 is 0 Å². The second-order valence-corrected chi connectivity index (χ2v) is 5.79. The van der Waals surface area contributed by atoms with Crippen molar-refractivity contribution in [2.24, 2.45) is 0 Å². The summed E-state index contributed by atoms with van der Waals surface area (Å²) in [6.07, 6.45) is 0.